The van der Waals surface area contributed by atoms with E-state index in [0.29, 0.717) is 27.5 Å². The molecule has 3 N–H and O–H groups in total. The zero-order valence-corrected chi connectivity index (χ0v) is 12.1. The molecule has 2 heterocycles. The van der Waals surface area contributed by atoms with Gasteiger partial charge in [0.1, 0.15) is 0 Å². The molecule has 0 unspecified atom stereocenters. The topological polar surface area (TPSA) is 72.3 Å². The number of rotatable bonds is 2. The summed E-state index contributed by atoms with van der Waals surface area (Å²) in [6, 6.07) is 9.01. The van der Waals surface area contributed by atoms with Gasteiger partial charge in [0.25, 0.3) is 0 Å². The molecule has 0 aliphatic carbocycles. The molecular formula is C16H13ClN2O2. The van der Waals surface area contributed by atoms with Gasteiger partial charge < -0.3 is 15.3 Å². The van der Waals surface area contributed by atoms with Crippen molar-refractivity contribution in [3.8, 4) is 28.2 Å². The summed E-state index contributed by atoms with van der Waals surface area (Å²) in [5.74, 6) is 0.430. The molecule has 5 heteroatoms. The van der Waals surface area contributed by atoms with E-state index in [-0.39, 0.29) is 11.6 Å². The Balaban J connectivity index is 2.16. The first-order chi connectivity index (χ1) is 10.1. The summed E-state index contributed by atoms with van der Waals surface area (Å²) in [6.07, 6.45) is 3.25. The van der Waals surface area contributed by atoms with Crippen molar-refractivity contribution in [2.45, 2.75) is 6.92 Å². The van der Waals surface area contributed by atoms with Crippen LogP contribution >= 0.6 is 11.6 Å². The van der Waals surface area contributed by atoms with Crippen LogP contribution in [0, 0.1) is 6.92 Å². The van der Waals surface area contributed by atoms with Gasteiger partial charge in [0.05, 0.1) is 5.56 Å². The minimum absolute atomic E-state index is 0.0135. The molecule has 21 heavy (non-hydrogen) atoms. The molecule has 2 aromatic heterocycles. The SMILES string of the molecule is Cc1ccc(-c2c(N)oc(-c3cccnc3)c2O)cc1Cl. The fraction of sp³-hybridized carbons (Fsp3) is 0.0625. The summed E-state index contributed by atoms with van der Waals surface area (Å²) >= 11 is 6.13. The fourth-order valence-corrected chi connectivity index (χ4v) is 2.34. The number of anilines is 1. The number of pyridine rings is 1. The quantitative estimate of drug-likeness (QED) is 0.742. The lowest BCUT2D eigenvalue weighted by Gasteiger charge is -2.03. The van der Waals surface area contributed by atoms with E-state index in [1.165, 1.54) is 0 Å². The molecular weight excluding hydrogens is 288 g/mol. The number of hydrogen-bond acceptors (Lipinski definition) is 4. The summed E-state index contributed by atoms with van der Waals surface area (Å²) < 4.78 is 5.50. The van der Waals surface area contributed by atoms with Crippen molar-refractivity contribution in [2.24, 2.45) is 0 Å². The van der Waals surface area contributed by atoms with Crippen molar-refractivity contribution in [3.05, 3.63) is 53.3 Å². The van der Waals surface area contributed by atoms with E-state index in [2.05, 4.69) is 4.98 Å². The molecule has 1 aromatic carbocycles. The lowest BCUT2D eigenvalue weighted by Crippen LogP contribution is -1.86. The number of furan rings is 1. The summed E-state index contributed by atoms with van der Waals surface area (Å²) in [6.45, 7) is 1.91. The van der Waals surface area contributed by atoms with Gasteiger partial charge in [-0.2, -0.15) is 0 Å². The highest BCUT2D eigenvalue weighted by molar-refractivity contribution is 6.31. The minimum atomic E-state index is -0.0135. The Hall–Kier alpha value is -2.46. The van der Waals surface area contributed by atoms with Gasteiger partial charge in [-0.05, 0) is 36.2 Å². The lowest BCUT2D eigenvalue weighted by molar-refractivity contribution is 0.467. The molecule has 0 saturated carbocycles. The van der Waals surface area contributed by atoms with Gasteiger partial charge in [-0.3, -0.25) is 4.98 Å². The Morgan fingerprint density at radius 1 is 1.24 bits per heavy atom. The Bertz CT molecular complexity index is 798. The summed E-state index contributed by atoms with van der Waals surface area (Å²) in [7, 11) is 0. The fourth-order valence-electron chi connectivity index (χ4n) is 2.16. The zero-order chi connectivity index (χ0) is 15.0. The number of benzene rings is 1. The van der Waals surface area contributed by atoms with Crippen LogP contribution in [0.25, 0.3) is 22.5 Å². The number of nitrogen functional groups attached to an aromatic ring is 1. The Morgan fingerprint density at radius 2 is 2.05 bits per heavy atom. The molecule has 0 saturated heterocycles. The molecule has 0 atom stereocenters. The number of hydrogen-bond donors (Lipinski definition) is 2. The highest BCUT2D eigenvalue weighted by Crippen LogP contribution is 2.45. The van der Waals surface area contributed by atoms with Gasteiger partial charge in [0.2, 0.25) is 5.88 Å². The first kappa shape index (κ1) is 13.5. The molecule has 3 rings (SSSR count). The Kier molecular flexibility index (Phi) is 3.31. The van der Waals surface area contributed by atoms with Crippen LogP contribution in [-0.4, -0.2) is 10.1 Å². The minimum Gasteiger partial charge on any atom is -0.504 e. The van der Waals surface area contributed by atoms with E-state index < -0.39 is 0 Å². The van der Waals surface area contributed by atoms with E-state index in [1.54, 1.807) is 30.6 Å². The Morgan fingerprint density at radius 3 is 2.71 bits per heavy atom. The number of nitrogens with two attached hydrogens (primary N) is 1. The van der Waals surface area contributed by atoms with Crippen molar-refractivity contribution in [2.75, 3.05) is 5.73 Å². The Labute approximate surface area is 126 Å². The second-order valence-corrected chi connectivity index (χ2v) is 5.13. The maximum Gasteiger partial charge on any atom is 0.202 e. The van der Waals surface area contributed by atoms with Gasteiger partial charge in [0, 0.05) is 23.0 Å². The van der Waals surface area contributed by atoms with E-state index >= 15 is 0 Å². The van der Waals surface area contributed by atoms with Crippen LogP contribution < -0.4 is 5.73 Å². The molecule has 0 spiro atoms. The predicted molar refractivity (Wildman–Crippen MR) is 83.2 cm³/mol. The van der Waals surface area contributed by atoms with Crippen LogP contribution in [-0.2, 0) is 0 Å². The molecule has 0 amide bonds. The average molecular weight is 301 g/mol. The predicted octanol–water partition coefficient (Wildman–Crippen LogP) is 4.26. The summed E-state index contributed by atoms with van der Waals surface area (Å²) in [5, 5.41) is 11.0. The molecule has 0 aliphatic heterocycles. The van der Waals surface area contributed by atoms with E-state index in [1.807, 2.05) is 19.1 Å². The number of aromatic hydroxyl groups is 1. The van der Waals surface area contributed by atoms with E-state index in [0.717, 1.165) is 5.56 Å². The van der Waals surface area contributed by atoms with Crippen LogP contribution in [0.5, 0.6) is 5.75 Å². The highest BCUT2D eigenvalue weighted by Gasteiger charge is 2.21. The monoisotopic (exact) mass is 300 g/mol. The van der Waals surface area contributed by atoms with Crippen LogP contribution in [0.4, 0.5) is 5.88 Å². The van der Waals surface area contributed by atoms with E-state index in [9.17, 15) is 5.11 Å². The highest BCUT2D eigenvalue weighted by atomic mass is 35.5. The molecule has 0 fully saturated rings. The molecule has 3 aromatic rings. The summed E-state index contributed by atoms with van der Waals surface area (Å²) in [4.78, 5) is 4.01. The normalized spacial score (nSPS) is 10.8. The molecule has 106 valence electrons. The third-order valence-corrected chi connectivity index (χ3v) is 3.70. The molecule has 0 bridgehead atoms. The van der Waals surface area contributed by atoms with E-state index in [4.69, 9.17) is 21.8 Å². The number of halogens is 1. The third kappa shape index (κ3) is 2.34. The largest absolute Gasteiger partial charge is 0.504 e. The van der Waals surface area contributed by atoms with Gasteiger partial charge >= 0.3 is 0 Å². The average Bonchev–Trinajstić information content (AvgIpc) is 2.78. The van der Waals surface area contributed by atoms with Crippen molar-refractivity contribution in [3.63, 3.8) is 0 Å². The van der Waals surface area contributed by atoms with Crippen LogP contribution in [0.1, 0.15) is 5.56 Å². The zero-order valence-electron chi connectivity index (χ0n) is 11.3. The van der Waals surface area contributed by atoms with Gasteiger partial charge in [-0.1, -0.05) is 23.7 Å². The van der Waals surface area contributed by atoms with Crippen molar-refractivity contribution < 1.29 is 9.52 Å². The third-order valence-electron chi connectivity index (χ3n) is 3.29. The second kappa shape index (κ2) is 5.14. The second-order valence-electron chi connectivity index (χ2n) is 4.72. The summed E-state index contributed by atoms with van der Waals surface area (Å²) in [5.41, 5.74) is 8.67. The number of aromatic nitrogens is 1. The number of nitrogens with zero attached hydrogens (tertiary/aromatic N) is 1. The molecule has 4 nitrogen and oxygen atoms in total. The van der Waals surface area contributed by atoms with Crippen molar-refractivity contribution in [1.82, 2.24) is 4.98 Å². The smallest absolute Gasteiger partial charge is 0.202 e. The standard InChI is InChI=1S/C16H13ClN2O2/c1-9-4-5-10(7-12(9)17)13-14(20)15(21-16(13)18)11-3-2-6-19-8-11/h2-8,20H,18H2,1H3. The van der Waals surface area contributed by atoms with Crippen LogP contribution in [0.2, 0.25) is 5.02 Å². The first-order valence-electron chi connectivity index (χ1n) is 6.36. The number of aryl methyl sites for hydroxylation is 1. The molecule has 0 aliphatic rings. The van der Waals surface area contributed by atoms with Crippen LogP contribution in [0.3, 0.4) is 0 Å². The van der Waals surface area contributed by atoms with Gasteiger partial charge in [-0.15, -0.1) is 0 Å². The lowest BCUT2D eigenvalue weighted by atomic mass is 10.0. The first-order valence-corrected chi connectivity index (χ1v) is 6.74. The maximum absolute atomic E-state index is 10.4. The molecule has 0 radical (unpaired) electrons. The van der Waals surface area contributed by atoms with Crippen LogP contribution in [0.15, 0.2) is 47.1 Å². The maximum atomic E-state index is 10.4. The van der Waals surface area contributed by atoms with Crippen molar-refractivity contribution in [1.29, 1.82) is 0 Å². The van der Waals surface area contributed by atoms with Gasteiger partial charge in [0.15, 0.2) is 11.5 Å². The van der Waals surface area contributed by atoms with Gasteiger partial charge in [-0.25, -0.2) is 0 Å². The van der Waals surface area contributed by atoms with Crippen molar-refractivity contribution >= 4 is 17.5 Å².